The molecule has 64 valence electrons. The Bertz CT molecular complexity index is 304. The fourth-order valence-electron chi connectivity index (χ4n) is 0.944. The molecule has 0 aromatic carbocycles. The van der Waals surface area contributed by atoms with Gasteiger partial charge in [0, 0.05) is 0 Å². The molecule has 0 radical (unpaired) electrons. The summed E-state index contributed by atoms with van der Waals surface area (Å²) in [7, 11) is 0. The summed E-state index contributed by atoms with van der Waals surface area (Å²) in [6.45, 7) is 1.25. The summed E-state index contributed by atoms with van der Waals surface area (Å²) >= 11 is 0. The monoisotopic (exact) mass is 168 g/mol. The second-order valence-electron chi connectivity index (χ2n) is 2.64. The lowest BCUT2D eigenvalue weighted by atomic mass is 10.3. The maximum absolute atomic E-state index is 10.6. The van der Waals surface area contributed by atoms with Crippen LogP contribution in [0.15, 0.2) is 6.20 Å². The van der Waals surface area contributed by atoms with Crippen LogP contribution in [0.2, 0.25) is 0 Å². The molecule has 0 spiro atoms. The number of primary amides is 1. The van der Waals surface area contributed by atoms with E-state index in [2.05, 4.69) is 10.3 Å². The van der Waals surface area contributed by atoms with E-state index in [1.165, 1.54) is 6.20 Å². The third-order valence-corrected chi connectivity index (χ3v) is 1.76. The van der Waals surface area contributed by atoms with Crippen LogP contribution in [0, 0.1) is 0 Å². The molecular formula is C6H8N4O2. The predicted molar refractivity (Wildman–Crippen MR) is 38.4 cm³/mol. The summed E-state index contributed by atoms with van der Waals surface area (Å²) in [5, 5.41) is 7.35. The van der Waals surface area contributed by atoms with Crippen molar-refractivity contribution < 1.29 is 9.53 Å². The Morgan fingerprint density at radius 2 is 2.50 bits per heavy atom. The van der Waals surface area contributed by atoms with Gasteiger partial charge in [0.1, 0.15) is 6.04 Å². The zero-order chi connectivity index (χ0) is 8.55. The second kappa shape index (κ2) is 2.56. The zero-order valence-corrected chi connectivity index (χ0v) is 6.30. The molecular weight excluding hydrogens is 160 g/mol. The molecule has 1 aromatic rings. The van der Waals surface area contributed by atoms with Gasteiger partial charge in [-0.2, -0.15) is 0 Å². The quantitative estimate of drug-likeness (QED) is 0.610. The van der Waals surface area contributed by atoms with Gasteiger partial charge in [0.25, 0.3) is 5.91 Å². The highest BCUT2D eigenvalue weighted by molar-refractivity contribution is 5.90. The van der Waals surface area contributed by atoms with Crippen molar-refractivity contribution in [3.8, 4) is 0 Å². The van der Waals surface area contributed by atoms with E-state index in [0.29, 0.717) is 13.2 Å². The Kier molecular flexibility index (Phi) is 1.54. The number of hydrogen-bond acceptors (Lipinski definition) is 4. The molecule has 1 fully saturated rings. The van der Waals surface area contributed by atoms with Crippen molar-refractivity contribution in [1.29, 1.82) is 0 Å². The minimum atomic E-state index is -0.554. The molecule has 0 atom stereocenters. The van der Waals surface area contributed by atoms with E-state index in [1.807, 2.05) is 0 Å². The number of ether oxygens (including phenoxy) is 1. The van der Waals surface area contributed by atoms with Gasteiger partial charge < -0.3 is 10.5 Å². The molecule has 2 N–H and O–H groups in total. The molecule has 0 aliphatic carbocycles. The molecule has 2 heterocycles. The fraction of sp³-hybridized carbons (Fsp3) is 0.500. The van der Waals surface area contributed by atoms with E-state index in [-0.39, 0.29) is 11.7 Å². The van der Waals surface area contributed by atoms with Crippen molar-refractivity contribution in [3.63, 3.8) is 0 Å². The summed E-state index contributed by atoms with van der Waals surface area (Å²) in [4.78, 5) is 10.6. The van der Waals surface area contributed by atoms with Gasteiger partial charge in [0.2, 0.25) is 0 Å². The summed E-state index contributed by atoms with van der Waals surface area (Å²) < 4.78 is 6.56. The lowest BCUT2D eigenvalue weighted by Gasteiger charge is -2.25. The van der Waals surface area contributed by atoms with Gasteiger partial charge in [-0.25, -0.2) is 4.68 Å². The largest absolute Gasteiger partial charge is 0.377 e. The highest BCUT2D eigenvalue weighted by atomic mass is 16.5. The number of nitrogens with two attached hydrogens (primary N) is 1. The third-order valence-electron chi connectivity index (χ3n) is 1.76. The van der Waals surface area contributed by atoms with Crippen LogP contribution in [0.3, 0.4) is 0 Å². The number of rotatable bonds is 2. The van der Waals surface area contributed by atoms with Gasteiger partial charge in [-0.3, -0.25) is 4.79 Å². The van der Waals surface area contributed by atoms with E-state index in [1.54, 1.807) is 4.68 Å². The highest BCUT2D eigenvalue weighted by Gasteiger charge is 2.22. The number of nitrogens with zero attached hydrogens (tertiary/aromatic N) is 3. The number of hydrogen-bond donors (Lipinski definition) is 1. The number of amides is 1. The van der Waals surface area contributed by atoms with Crippen LogP contribution in [0.25, 0.3) is 0 Å². The van der Waals surface area contributed by atoms with E-state index in [4.69, 9.17) is 10.5 Å². The first-order valence-electron chi connectivity index (χ1n) is 3.57. The van der Waals surface area contributed by atoms with Gasteiger partial charge in [-0.05, 0) is 0 Å². The minimum absolute atomic E-state index is 0.196. The van der Waals surface area contributed by atoms with Crippen molar-refractivity contribution in [1.82, 2.24) is 15.0 Å². The predicted octanol–water partition coefficient (Wildman–Crippen LogP) is -1.05. The van der Waals surface area contributed by atoms with Crippen LogP contribution in [-0.4, -0.2) is 34.1 Å². The molecule has 0 bridgehead atoms. The van der Waals surface area contributed by atoms with Crippen molar-refractivity contribution in [3.05, 3.63) is 11.9 Å². The van der Waals surface area contributed by atoms with Gasteiger partial charge in [0.05, 0.1) is 19.4 Å². The van der Waals surface area contributed by atoms with Gasteiger partial charge in [0.15, 0.2) is 5.69 Å². The molecule has 1 aromatic heterocycles. The lowest BCUT2D eigenvalue weighted by Crippen LogP contribution is -2.31. The third kappa shape index (κ3) is 1.06. The summed E-state index contributed by atoms with van der Waals surface area (Å²) in [6.07, 6.45) is 1.54. The Labute approximate surface area is 68.3 Å². The van der Waals surface area contributed by atoms with Crippen LogP contribution in [-0.2, 0) is 4.74 Å². The molecule has 1 aliphatic rings. The van der Waals surface area contributed by atoms with E-state index in [0.717, 1.165) is 0 Å². The van der Waals surface area contributed by atoms with Crippen molar-refractivity contribution in [2.45, 2.75) is 6.04 Å². The first-order chi connectivity index (χ1) is 5.77. The Morgan fingerprint density at radius 3 is 2.92 bits per heavy atom. The van der Waals surface area contributed by atoms with Gasteiger partial charge in [-0.15, -0.1) is 5.10 Å². The first-order valence-corrected chi connectivity index (χ1v) is 3.57. The maximum atomic E-state index is 10.6. The highest BCUT2D eigenvalue weighted by Crippen LogP contribution is 2.14. The molecule has 0 unspecified atom stereocenters. The Hall–Kier alpha value is -1.43. The SMILES string of the molecule is NC(=O)c1cn(C2COC2)nn1. The van der Waals surface area contributed by atoms with E-state index < -0.39 is 5.91 Å². The second-order valence-corrected chi connectivity index (χ2v) is 2.64. The molecule has 1 amide bonds. The Morgan fingerprint density at radius 1 is 1.75 bits per heavy atom. The molecule has 2 rings (SSSR count). The Balaban J connectivity index is 2.17. The summed E-state index contributed by atoms with van der Waals surface area (Å²) in [6, 6.07) is 0.214. The van der Waals surface area contributed by atoms with Crippen molar-refractivity contribution >= 4 is 5.91 Å². The minimum Gasteiger partial charge on any atom is -0.377 e. The van der Waals surface area contributed by atoms with Crippen molar-refractivity contribution in [2.75, 3.05) is 13.2 Å². The number of carbonyl (C=O) groups excluding carboxylic acids is 1. The number of aromatic nitrogens is 3. The smallest absolute Gasteiger partial charge is 0.270 e. The lowest BCUT2D eigenvalue weighted by molar-refractivity contribution is -0.0293. The van der Waals surface area contributed by atoms with E-state index in [9.17, 15) is 4.79 Å². The fourth-order valence-corrected chi connectivity index (χ4v) is 0.944. The molecule has 1 aliphatic heterocycles. The first kappa shape index (κ1) is 7.23. The average Bonchev–Trinajstić information content (AvgIpc) is 2.32. The summed E-state index contributed by atoms with van der Waals surface area (Å²) in [5.41, 5.74) is 5.20. The van der Waals surface area contributed by atoms with Crippen LogP contribution in [0.4, 0.5) is 0 Å². The topological polar surface area (TPSA) is 83.0 Å². The van der Waals surface area contributed by atoms with E-state index >= 15 is 0 Å². The standard InChI is InChI=1S/C6H8N4O2/c7-6(11)5-1-10(9-8-5)4-2-12-3-4/h1,4H,2-3H2,(H2,7,11). The summed E-state index contributed by atoms with van der Waals surface area (Å²) in [5.74, 6) is -0.554. The maximum Gasteiger partial charge on any atom is 0.270 e. The van der Waals surface area contributed by atoms with Crippen molar-refractivity contribution in [2.24, 2.45) is 5.73 Å². The van der Waals surface area contributed by atoms with Crippen LogP contribution in [0.5, 0.6) is 0 Å². The average molecular weight is 168 g/mol. The molecule has 6 nitrogen and oxygen atoms in total. The van der Waals surface area contributed by atoms with Crippen LogP contribution in [0.1, 0.15) is 16.5 Å². The normalized spacial score (nSPS) is 17.3. The zero-order valence-electron chi connectivity index (χ0n) is 6.30. The molecule has 6 heteroatoms. The van der Waals surface area contributed by atoms with Crippen LogP contribution >= 0.6 is 0 Å². The molecule has 12 heavy (non-hydrogen) atoms. The van der Waals surface area contributed by atoms with Gasteiger partial charge in [-0.1, -0.05) is 5.21 Å². The number of carbonyl (C=O) groups is 1. The molecule has 1 saturated heterocycles. The van der Waals surface area contributed by atoms with Gasteiger partial charge >= 0.3 is 0 Å². The van der Waals surface area contributed by atoms with Crippen LogP contribution < -0.4 is 5.73 Å². The molecule has 0 saturated carbocycles.